The molecule has 0 bridgehead atoms. The van der Waals surface area contributed by atoms with Crippen LogP contribution in [0.4, 0.5) is 11.4 Å². The summed E-state index contributed by atoms with van der Waals surface area (Å²) >= 11 is 1.57. The number of methoxy groups -OCH3 is 3. The molecule has 8 nitrogen and oxygen atoms in total. The first kappa shape index (κ1) is 20.2. The molecule has 29 heavy (non-hydrogen) atoms. The average molecular weight is 414 g/mol. The van der Waals surface area contributed by atoms with E-state index in [0.717, 1.165) is 11.1 Å². The Kier molecular flexibility index (Phi) is 5.99. The van der Waals surface area contributed by atoms with Gasteiger partial charge in [0.25, 0.3) is 5.91 Å². The van der Waals surface area contributed by atoms with E-state index in [1.54, 1.807) is 29.5 Å². The second-order valence-corrected chi connectivity index (χ2v) is 6.63. The Labute approximate surface area is 170 Å². The number of hydrogen-bond acceptors (Lipinski definition) is 7. The van der Waals surface area contributed by atoms with Gasteiger partial charge in [-0.15, -0.1) is 0 Å². The maximum atomic E-state index is 12.9. The number of nitrogens with one attached hydrogen (secondary N) is 1. The van der Waals surface area contributed by atoms with Crippen LogP contribution < -0.4 is 19.5 Å². The Balaban J connectivity index is 2.03. The number of thiophene rings is 1. The number of benzene rings is 2. The summed E-state index contributed by atoms with van der Waals surface area (Å²) in [5.74, 6) is -0.669. The van der Waals surface area contributed by atoms with E-state index < -0.39 is 16.5 Å². The molecular formula is C20H18N2O6S. The van der Waals surface area contributed by atoms with Gasteiger partial charge in [-0.25, -0.2) is 0 Å². The van der Waals surface area contributed by atoms with Crippen molar-refractivity contribution in [3.63, 3.8) is 0 Å². The lowest BCUT2D eigenvalue weighted by Crippen LogP contribution is -2.15. The lowest BCUT2D eigenvalue weighted by molar-refractivity contribution is -0.386. The van der Waals surface area contributed by atoms with Crippen LogP contribution in [0.25, 0.3) is 11.1 Å². The summed E-state index contributed by atoms with van der Waals surface area (Å²) in [7, 11) is 3.96. The summed E-state index contributed by atoms with van der Waals surface area (Å²) in [5, 5.41) is 18.3. The molecule has 3 aromatic rings. The van der Waals surface area contributed by atoms with Crippen LogP contribution in [0.1, 0.15) is 10.4 Å². The molecule has 1 heterocycles. The van der Waals surface area contributed by atoms with E-state index in [1.165, 1.54) is 27.4 Å². The third kappa shape index (κ3) is 3.99. The number of nitro groups is 1. The smallest absolute Gasteiger partial charge is 0.327 e. The Morgan fingerprint density at radius 3 is 2.38 bits per heavy atom. The minimum Gasteiger partial charge on any atom is -0.493 e. The quantitative estimate of drug-likeness (QED) is 0.448. The van der Waals surface area contributed by atoms with Gasteiger partial charge in [-0.2, -0.15) is 11.3 Å². The second-order valence-electron chi connectivity index (χ2n) is 5.85. The standard InChI is InChI=1S/C20H18N2O6S/c1-26-16-10-15(17(22(24)25)19(28-3)18(16)27-2)20(23)21-14-6-4-5-12(9-14)13-7-8-29-11-13/h4-11H,1-3H3,(H,21,23). The highest BCUT2D eigenvalue weighted by atomic mass is 32.1. The molecule has 1 N–H and O–H groups in total. The van der Waals surface area contributed by atoms with Crippen molar-refractivity contribution >= 4 is 28.6 Å². The van der Waals surface area contributed by atoms with Crippen molar-refractivity contribution in [2.75, 3.05) is 26.6 Å². The molecule has 0 unspecified atom stereocenters. The van der Waals surface area contributed by atoms with Gasteiger partial charge in [-0.1, -0.05) is 12.1 Å². The zero-order valence-corrected chi connectivity index (χ0v) is 16.7. The van der Waals surface area contributed by atoms with Crippen molar-refractivity contribution < 1.29 is 23.9 Å². The molecule has 0 aliphatic rings. The molecule has 0 radical (unpaired) electrons. The van der Waals surface area contributed by atoms with Crippen molar-refractivity contribution in [2.45, 2.75) is 0 Å². The van der Waals surface area contributed by atoms with E-state index in [0.29, 0.717) is 5.69 Å². The Hall–Kier alpha value is -3.59. The van der Waals surface area contributed by atoms with E-state index in [2.05, 4.69) is 5.32 Å². The fourth-order valence-corrected chi connectivity index (χ4v) is 3.56. The molecule has 1 aromatic heterocycles. The molecule has 0 aliphatic heterocycles. The maximum absolute atomic E-state index is 12.9. The fourth-order valence-electron chi connectivity index (χ4n) is 2.90. The van der Waals surface area contributed by atoms with Crippen LogP contribution in [-0.2, 0) is 0 Å². The molecule has 0 atom stereocenters. The lowest BCUT2D eigenvalue weighted by Gasteiger charge is -2.15. The second kappa shape index (κ2) is 8.61. The number of nitro benzene ring substituents is 1. The van der Waals surface area contributed by atoms with Crippen LogP contribution in [-0.4, -0.2) is 32.2 Å². The highest BCUT2D eigenvalue weighted by Gasteiger charge is 2.32. The molecular weight excluding hydrogens is 396 g/mol. The Morgan fingerprint density at radius 2 is 1.79 bits per heavy atom. The van der Waals surface area contributed by atoms with E-state index in [9.17, 15) is 14.9 Å². The van der Waals surface area contributed by atoms with E-state index in [-0.39, 0.29) is 22.8 Å². The molecule has 2 aromatic carbocycles. The zero-order chi connectivity index (χ0) is 21.0. The number of carbonyl (C=O) groups is 1. The maximum Gasteiger partial charge on any atom is 0.327 e. The molecule has 0 saturated carbocycles. The molecule has 0 aliphatic carbocycles. The van der Waals surface area contributed by atoms with Gasteiger partial charge in [-0.05, 0) is 40.1 Å². The molecule has 1 amide bonds. The third-order valence-electron chi connectivity index (χ3n) is 4.21. The van der Waals surface area contributed by atoms with Crippen molar-refractivity contribution in [3.8, 4) is 28.4 Å². The molecule has 3 rings (SSSR count). The number of hydrogen-bond donors (Lipinski definition) is 1. The van der Waals surface area contributed by atoms with Gasteiger partial charge in [0.15, 0.2) is 5.75 Å². The topological polar surface area (TPSA) is 99.9 Å². The normalized spacial score (nSPS) is 10.3. The minimum absolute atomic E-state index is 0.0395. The Bertz CT molecular complexity index is 1050. The summed E-state index contributed by atoms with van der Waals surface area (Å²) in [4.78, 5) is 23.9. The van der Waals surface area contributed by atoms with E-state index in [1.807, 2.05) is 22.9 Å². The van der Waals surface area contributed by atoms with Gasteiger partial charge in [0, 0.05) is 11.8 Å². The van der Waals surface area contributed by atoms with E-state index in [4.69, 9.17) is 14.2 Å². The summed E-state index contributed by atoms with van der Waals surface area (Å²) in [5.41, 5.74) is 1.73. The van der Waals surface area contributed by atoms with Gasteiger partial charge in [0.05, 0.1) is 26.3 Å². The summed E-state index contributed by atoms with van der Waals surface area (Å²) in [6.07, 6.45) is 0. The van der Waals surface area contributed by atoms with Crippen LogP contribution in [0.2, 0.25) is 0 Å². The highest BCUT2D eigenvalue weighted by Crippen LogP contribution is 2.46. The molecule has 0 fully saturated rings. The molecule has 150 valence electrons. The monoisotopic (exact) mass is 414 g/mol. The van der Waals surface area contributed by atoms with Crippen LogP contribution in [0, 0.1) is 10.1 Å². The molecule has 0 spiro atoms. The van der Waals surface area contributed by atoms with Gasteiger partial charge in [0.2, 0.25) is 11.5 Å². The van der Waals surface area contributed by atoms with Crippen molar-refractivity contribution in [1.29, 1.82) is 0 Å². The van der Waals surface area contributed by atoms with Crippen molar-refractivity contribution in [3.05, 3.63) is 62.8 Å². The number of carbonyl (C=O) groups excluding carboxylic acids is 1. The lowest BCUT2D eigenvalue weighted by atomic mass is 10.1. The summed E-state index contributed by atoms with van der Waals surface area (Å²) in [6.45, 7) is 0. The third-order valence-corrected chi connectivity index (χ3v) is 4.89. The molecule has 9 heteroatoms. The van der Waals surface area contributed by atoms with Gasteiger partial charge < -0.3 is 19.5 Å². The predicted molar refractivity (Wildman–Crippen MR) is 110 cm³/mol. The number of rotatable bonds is 7. The van der Waals surface area contributed by atoms with Crippen LogP contribution in [0.5, 0.6) is 17.2 Å². The SMILES string of the molecule is COc1cc(C(=O)Nc2cccc(-c3ccsc3)c2)c([N+](=O)[O-])c(OC)c1OC. The van der Waals surface area contributed by atoms with Crippen LogP contribution >= 0.6 is 11.3 Å². The fraction of sp³-hybridized carbons (Fsp3) is 0.150. The highest BCUT2D eigenvalue weighted by molar-refractivity contribution is 7.08. The van der Waals surface area contributed by atoms with Crippen molar-refractivity contribution in [1.82, 2.24) is 0 Å². The predicted octanol–water partition coefficient (Wildman–Crippen LogP) is 4.60. The minimum atomic E-state index is -0.683. The van der Waals surface area contributed by atoms with Crippen molar-refractivity contribution in [2.24, 2.45) is 0 Å². The van der Waals surface area contributed by atoms with E-state index >= 15 is 0 Å². The number of ether oxygens (including phenoxy) is 3. The van der Waals surface area contributed by atoms with Crippen LogP contribution in [0.3, 0.4) is 0 Å². The zero-order valence-electron chi connectivity index (χ0n) is 15.9. The number of amides is 1. The largest absolute Gasteiger partial charge is 0.493 e. The van der Waals surface area contributed by atoms with Gasteiger partial charge in [-0.3, -0.25) is 14.9 Å². The summed E-state index contributed by atoms with van der Waals surface area (Å²) in [6, 6.07) is 10.4. The first-order chi connectivity index (χ1) is 14.0. The Morgan fingerprint density at radius 1 is 1.03 bits per heavy atom. The first-order valence-electron chi connectivity index (χ1n) is 8.41. The molecule has 0 saturated heterocycles. The van der Waals surface area contributed by atoms with Gasteiger partial charge >= 0.3 is 5.69 Å². The van der Waals surface area contributed by atoms with Crippen LogP contribution in [0.15, 0.2) is 47.2 Å². The van der Waals surface area contributed by atoms with Gasteiger partial charge in [0.1, 0.15) is 5.56 Å². The summed E-state index contributed by atoms with van der Waals surface area (Å²) < 4.78 is 15.5. The number of nitrogens with zero attached hydrogens (tertiary/aromatic N) is 1. The first-order valence-corrected chi connectivity index (χ1v) is 9.35. The average Bonchev–Trinajstić information content (AvgIpc) is 3.26. The number of anilines is 1.